The van der Waals surface area contributed by atoms with Crippen LogP contribution in [0.15, 0.2) is 22.1 Å². The Balaban J connectivity index is 1.75. The fourth-order valence-electron chi connectivity index (χ4n) is 4.12. The van der Waals surface area contributed by atoms with E-state index in [1.165, 1.54) is 6.20 Å². The minimum atomic E-state index is -4.94. The summed E-state index contributed by atoms with van der Waals surface area (Å²) in [6, 6.07) is 1.42. The fourth-order valence-corrected chi connectivity index (χ4v) is 4.77. The van der Waals surface area contributed by atoms with Gasteiger partial charge in [-0.05, 0) is 18.9 Å². The molecule has 0 radical (unpaired) electrons. The first kappa shape index (κ1) is 18.4. The molecule has 2 saturated heterocycles. The van der Waals surface area contributed by atoms with Crippen LogP contribution < -0.4 is 15.3 Å². The predicted molar refractivity (Wildman–Crippen MR) is 96.6 cm³/mol. The van der Waals surface area contributed by atoms with E-state index in [1.807, 2.05) is 4.90 Å². The highest BCUT2D eigenvalue weighted by Crippen LogP contribution is 2.43. The molecule has 0 amide bonds. The topological polar surface area (TPSA) is 94.3 Å². The molecule has 2 bridgehead atoms. The van der Waals surface area contributed by atoms with Gasteiger partial charge < -0.3 is 24.5 Å². The Bertz CT molecular complexity index is 1080. The summed E-state index contributed by atoms with van der Waals surface area (Å²) in [6.07, 6.45) is -1.50. The Morgan fingerprint density at radius 3 is 2.62 bits per heavy atom. The number of carbonyl (C=O) groups excluding carboxylic acids is 1. The average Bonchev–Trinajstić information content (AvgIpc) is 3.39. The van der Waals surface area contributed by atoms with E-state index >= 15 is 0 Å². The highest BCUT2D eigenvalue weighted by atomic mass is 32.1. The van der Waals surface area contributed by atoms with E-state index in [0.717, 1.165) is 30.2 Å². The van der Waals surface area contributed by atoms with Crippen LogP contribution in [-0.2, 0) is 6.18 Å². The fraction of sp³-hybridized carbons (Fsp3) is 0.389. The number of thiazole rings is 1. The number of aromatic nitrogens is 2. The van der Waals surface area contributed by atoms with Gasteiger partial charge >= 0.3 is 6.18 Å². The van der Waals surface area contributed by atoms with Crippen molar-refractivity contribution < 1.29 is 27.5 Å². The summed E-state index contributed by atoms with van der Waals surface area (Å²) in [5, 5.41) is 16.9. The average molecular weight is 423 g/mol. The van der Waals surface area contributed by atoms with Gasteiger partial charge in [-0.1, -0.05) is 0 Å². The summed E-state index contributed by atoms with van der Waals surface area (Å²) < 4.78 is 47.2. The Kier molecular flexibility index (Phi) is 4.07. The van der Waals surface area contributed by atoms with Gasteiger partial charge in [-0.15, -0.1) is 11.3 Å². The van der Waals surface area contributed by atoms with Gasteiger partial charge in [-0.3, -0.25) is 0 Å². The van der Waals surface area contributed by atoms with E-state index < -0.39 is 28.8 Å². The number of carbonyl (C=O) groups is 1. The summed E-state index contributed by atoms with van der Waals surface area (Å²) in [4.78, 5) is 21.5. The zero-order chi connectivity index (χ0) is 20.3. The van der Waals surface area contributed by atoms with Crippen molar-refractivity contribution >= 4 is 34.4 Å². The van der Waals surface area contributed by atoms with Gasteiger partial charge in [0.2, 0.25) is 0 Å². The number of rotatable bonds is 3. The number of nitrogens with one attached hydrogen (secondary N) is 1. The molecule has 2 aromatic heterocycles. The third-order valence-electron chi connectivity index (χ3n) is 5.31. The van der Waals surface area contributed by atoms with Gasteiger partial charge in [0.05, 0.1) is 17.1 Å². The second kappa shape index (κ2) is 6.42. The first-order valence-electron chi connectivity index (χ1n) is 8.98. The Morgan fingerprint density at radius 1 is 1.31 bits per heavy atom. The molecule has 2 aliphatic rings. The normalized spacial score (nSPS) is 21.8. The van der Waals surface area contributed by atoms with Crippen molar-refractivity contribution in [1.82, 2.24) is 15.3 Å². The molecule has 0 saturated carbocycles. The predicted octanol–water partition coefficient (Wildman–Crippen LogP) is 2.27. The Hall–Kier alpha value is -2.66. The molecule has 4 heterocycles. The number of piperazine rings is 1. The highest BCUT2D eigenvalue weighted by molar-refractivity contribution is 7.13. The van der Waals surface area contributed by atoms with Crippen LogP contribution in [0.2, 0.25) is 0 Å². The summed E-state index contributed by atoms with van der Waals surface area (Å²) in [7, 11) is 0. The summed E-state index contributed by atoms with van der Waals surface area (Å²) in [6.45, 7) is 1.12. The molecule has 0 spiro atoms. The third kappa shape index (κ3) is 3.04. The van der Waals surface area contributed by atoms with Crippen molar-refractivity contribution in [3.8, 4) is 10.6 Å². The Labute approximate surface area is 166 Å². The lowest BCUT2D eigenvalue weighted by Crippen LogP contribution is -2.51. The third-order valence-corrected chi connectivity index (χ3v) is 6.11. The number of halogens is 3. The van der Waals surface area contributed by atoms with Crippen molar-refractivity contribution in [2.75, 3.05) is 18.0 Å². The van der Waals surface area contributed by atoms with Gasteiger partial charge in [0.1, 0.15) is 10.5 Å². The number of alkyl halides is 3. The number of hydrogen-bond donors (Lipinski definition) is 1. The molecule has 5 rings (SSSR count). The number of carboxylic acids is 1. The first-order valence-corrected chi connectivity index (χ1v) is 9.86. The van der Waals surface area contributed by atoms with Crippen LogP contribution in [0.25, 0.3) is 21.7 Å². The largest absolute Gasteiger partial charge is 0.545 e. The molecule has 29 heavy (non-hydrogen) atoms. The SMILES string of the molecule is O=C([O-])c1cc(-c2nccs2)c2oc(N3CC4CCC(C3)N4)nc2c1C(F)(F)F. The Morgan fingerprint density at radius 2 is 2.03 bits per heavy atom. The van der Waals surface area contributed by atoms with Crippen molar-refractivity contribution in [3.63, 3.8) is 0 Å². The lowest BCUT2D eigenvalue weighted by Gasteiger charge is -2.31. The van der Waals surface area contributed by atoms with Crippen LogP contribution in [0.4, 0.5) is 19.2 Å². The lowest BCUT2D eigenvalue weighted by molar-refractivity contribution is -0.255. The van der Waals surface area contributed by atoms with Crippen LogP contribution in [0.5, 0.6) is 0 Å². The van der Waals surface area contributed by atoms with Gasteiger partial charge in [0.25, 0.3) is 6.01 Å². The summed E-state index contributed by atoms with van der Waals surface area (Å²) in [5.41, 5.74) is -2.85. The zero-order valence-electron chi connectivity index (χ0n) is 14.8. The number of anilines is 1. The van der Waals surface area contributed by atoms with E-state index in [1.54, 1.807) is 5.38 Å². The van der Waals surface area contributed by atoms with Gasteiger partial charge in [0, 0.05) is 42.3 Å². The minimum absolute atomic E-state index is 0.0530. The van der Waals surface area contributed by atoms with E-state index in [2.05, 4.69) is 15.3 Å². The number of fused-ring (bicyclic) bond motifs is 3. The van der Waals surface area contributed by atoms with Crippen LogP contribution >= 0.6 is 11.3 Å². The summed E-state index contributed by atoms with van der Waals surface area (Å²) >= 11 is 1.16. The van der Waals surface area contributed by atoms with Crippen LogP contribution in [0, 0.1) is 0 Å². The van der Waals surface area contributed by atoms with Crippen LogP contribution in [0.1, 0.15) is 28.8 Å². The molecule has 2 aliphatic heterocycles. The second-order valence-corrected chi connectivity index (χ2v) is 8.08. The maximum atomic E-state index is 13.8. The molecular weight excluding hydrogens is 409 g/mol. The highest BCUT2D eigenvalue weighted by Gasteiger charge is 2.40. The van der Waals surface area contributed by atoms with Gasteiger partial charge in [-0.2, -0.15) is 18.2 Å². The molecular formula is C18H14F3N4O3S-. The van der Waals surface area contributed by atoms with Crippen LogP contribution in [0.3, 0.4) is 0 Å². The quantitative estimate of drug-likeness (QED) is 0.691. The van der Waals surface area contributed by atoms with E-state index in [0.29, 0.717) is 18.1 Å². The number of nitrogens with zero attached hydrogens (tertiary/aromatic N) is 3. The van der Waals surface area contributed by atoms with Crippen molar-refractivity contribution in [2.45, 2.75) is 31.1 Å². The summed E-state index contributed by atoms with van der Waals surface area (Å²) in [5.74, 6) is -1.93. The molecule has 0 aliphatic carbocycles. The van der Waals surface area contributed by atoms with Crippen molar-refractivity contribution in [3.05, 3.63) is 28.8 Å². The molecule has 1 N–H and O–H groups in total. The monoisotopic (exact) mass is 423 g/mol. The standard InChI is InChI=1S/C18H15F3N4O3S/c19-18(20,21)12-10(16(26)27)5-11(15-22-3-4-29-15)14-13(12)24-17(28-14)25-6-8-1-2-9(7-25)23-8/h3-5,8-9,23H,1-2,6-7H2,(H,26,27)/p-1. The number of carboxylic acid groups (broad SMARTS) is 1. The van der Waals surface area contributed by atoms with Crippen molar-refractivity contribution in [1.29, 1.82) is 0 Å². The number of oxazole rings is 1. The number of benzene rings is 1. The maximum absolute atomic E-state index is 13.8. The smallest absolute Gasteiger partial charge is 0.419 e. The molecule has 3 aromatic rings. The molecule has 2 unspecified atom stereocenters. The first-order chi connectivity index (χ1) is 13.8. The molecule has 2 atom stereocenters. The second-order valence-electron chi connectivity index (χ2n) is 7.19. The van der Waals surface area contributed by atoms with Crippen LogP contribution in [-0.4, -0.2) is 41.1 Å². The zero-order valence-corrected chi connectivity index (χ0v) is 15.6. The van der Waals surface area contributed by atoms with E-state index in [-0.39, 0.29) is 29.2 Å². The van der Waals surface area contributed by atoms with E-state index in [4.69, 9.17) is 4.42 Å². The van der Waals surface area contributed by atoms with Gasteiger partial charge in [-0.25, -0.2) is 4.98 Å². The maximum Gasteiger partial charge on any atom is 0.419 e. The number of aromatic carboxylic acids is 1. The van der Waals surface area contributed by atoms with Crippen molar-refractivity contribution in [2.24, 2.45) is 0 Å². The molecule has 1 aromatic carbocycles. The van der Waals surface area contributed by atoms with Gasteiger partial charge in [0.15, 0.2) is 5.58 Å². The molecule has 152 valence electrons. The van der Waals surface area contributed by atoms with E-state index in [9.17, 15) is 23.1 Å². The number of hydrogen-bond acceptors (Lipinski definition) is 8. The minimum Gasteiger partial charge on any atom is -0.545 e. The lowest BCUT2D eigenvalue weighted by atomic mass is 10.0. The molecule has 11 heteroatoms. The molecule has 7 nitrogen and oxygen atoms in total. The molecule has 2 fully saturated rings.